The van der Waals surface area contributed by atoms with Crippen LogP contribution in [0.4, 0.5) is 20.6 Å². The smallest absolute Gasteiger partial charge is 0.319 e. The minimum absolute atomic E-state index is 0.187. The number of carbonyl (C=O) groups is 2. The number of halogens is 1. The number of anilines is 2. The number of hydrogen-bond acceptors (Lipinski definition) is 3. The third-order valence-electron chi connectivity index (χ3n) is 5.33. The van der Waals surface area contributed by atoms with Gasteiger partial charge in [0.15, 0.2) is 0 Å². The van der Waals surface area contributed by atoms with Gasteiger partial charge in [0.05, 0.1) is 10.4 Å². The predicted molar refractivity (Wildman–Crippen MR) is 117 cm³/mol. The fourth-order valence-electron chi connectivity index (χ4n) is 3.89. The Balaban J connectivity index is 1.44. The fraction of sp³-hybridized carbons (Fsp3) is 0.217. The van der Waals surface area contributed by atoms with E-state index in [4.69, 9.17) is 0 Å². The van der Waals surface area contributed by atoms with Crippen LogP contribution in [0.15, 0.2) is 66.0 Å². The summed E-state index contributed by atoms with van der Waals surface area (Å²) in [5, 5.41) is 10.6. The molecule has 0 bridgehead atoms. The van der Waals surface area contributed by atoms with Crippen molar-refractivity contribution in [3.63, 3.8) is 0 Å². The number of amides is 3. The first-order valence-electron chi connectivity index (χ1n) is 9.84. The van der Waals surface area contributed by atoms with Crippen molar-refractivity contribution in [2.24, 2.45) is 0 Å². The topological polar surface area (TPSA) is 70.2 Å². The highest BCUT2D eigenvalue weighted by Gasteiger charge is 2.37. The molecule has 0 radical (unpaired) electrons. The highest BCUT2D eigenvalue weighted by Crippen LogP contribution is 2.38. The summed E-state index contributed by atoms with van der Waals surface area (Å²) in [4.78, 5) is 25.6. The third-order valence-corrected chi connectivity index (χ3v) is 6.20. The van der Waals surface area contributed by atoms with Crippen molar-refractivity contribution < 1.29 is 14.0 Å². The molecule has 30 heavy (non-hydrogen) atoms. The summed E-state index contributed by atoms with van der Waals surface area (Å²) in [6, 6.07) is 16.6. The summed E-state index contributed by atoms with van der Waals surface area (Å²) in [6.07, 6.45) is 3.62. The minimum Gasteiger partial charge on any atom is -0.328 e. The fourth-order valence-corrected chi connectivity index (χ4v) is 4.51. The van der Waals surface area contributed by atoms with E-state index in [0.29, 0.717) is 16.3 Å². The van der Waals surface area contributed by atoms with E-state index >= 15 is 0 Å². The van der Waals surface area contributed by atoms with Crippen molar-refractivity contribution in [3.05, 3.63) is 82.3 Å². The molecule has 0 unspecified atom stereocenters. The van der Waals surface area contributed by atoms with E-state index < -0.39 is 5.54 Å². The molecule has 5 nitrogen and oxygen atoms in total. The van der Waals surface area contributed by atoms with Crippen molar-refractivity contribution in [1.82, 2.24) is 5.32 Å². The molecule has 2 aromatic carbocycles. The number of benzene rings is 2. The minimum atomic E-state index is -0.497. The zero-order chi connectivity index (χ0) is 21.0. The van der Waals surface area contributed by atoms with Gasteiger partial charge in [0.25, 0.3) is 5.91 Å². The molecule has 4 rings (SSSR count). The van der Waals surface area contributed by atoms with Crippen LogP contribution < -0.4 is 16.0 Å². The van der Waals surface area contributed by atoms with Gasteiger partial charge in [-0.25, -0.2) is 9.18 Å². The maximum absolute atomic E-state index is 13.3. The first-order chi connectivity index (χ1) is 14.5. The summed E-state index contributed by atoms with van der Waals surface area (Å²) in [6.45, 7) is 0. The molecule has 7 heteroatoms. The van der Waals surface area contributed by atoms with E-state index in [2.05, 4.69) is 16.0 Å². The van der Waals surface area contributed by atoms with Crippen LogP contribution in [0.3, 0.4) is 0 Å². The van der Waals surface area contributed by atoms with Crippen LogP contribution in [0.25, 0.3) is 0 Å². The van der Waals surface area contributed by atoms with Crippen molar-refractivity contribution in [3.8, 4) is 0 Å². The summed E-state index contributed by atoms with van der Waals surface area (Å²) < 4.78 is 13.3. The molecule has 0 saturated heterocycles. The Labute approximate surface area is 178 Å². The SMILES string of the molecule is O=C(Nc1cccc(NC(=O)c2cccs2)c1)NC1(c2ccc(F)cc2)CCCC1. The lowest BCUT2D eigenvalue weighted by atomic mass is 9.88. The molecule has 3 aromatic rings. The first kappa shape index (κ1) is 20.1. The van der Waals surface area contributed by atoms with Crippen molar-refractivity contribution in [2.45, 2.75) is 31.2 Å². The van der Waals surface area contributed by atoms with E-state index in [1.165, 1.54) is 23.5 Å². The molecular weight excluding hydrogens is 401 g/mol. The maximum Gasteiger partial charge on any atom is 0.319 e. The molecule has 1 saturated carbocycles. The van der Waals surface area contributed by atoms with Gasteiger partial charge >= 0.3 is 6.03 Å². The number of thiophene rings is 1. The Kier molecular flexibility index (Phi) is 5.81. The zero-order valence-corrected chi connectivity index (χ0v) is 17.1. The Bertz CT molecular complexity index is 1030. The Morgan fingerprint density at radius 3 is 2.27 bits per heavy atom. The van der Waals surface area contributed by atoms with Gasteiger partial charge in [-0.2, -0.15) is 0 Å². The molecule has 1 aliphatic rings. The quantitative estimate of drug-likeness (QED) is 0.490. The van der Waals surface area contributed by atoms with Gasteiger partial charge in [-0.05, 0) is 60.2 Å². The lowest BCUT2D eigenvalue weighted by Gasteiger charge is -2.31. The highest BCUT2D eigenvalue weighted by atomic mass is 32.1. The summed E-state index contributed by atoms with van der Waals surface area (Å²) in [7, 11) is 0. The molecule has 1 aliphatic carbocycles. The monoisotopic (exact) mass is 423 g/mol. The molecule has 0 aliphatic heterocycles. The number of urea groups is 1. The molecule has 1 heterocycles. The van der Waals surface area contributed by atoms with Crippen LogP contribution in [0.5, 0.6) is 0 Å². The number of nitrogens with one attached hydrogen (secondary N) is 3. The lowest BCUT2D eigenvalue weighted by Crippen LogP contribution is -2.45. The van der Waals surface area contributed by atoms with Crippen molar-refractivity contribution in [2.75, 3.05) is 10.6 Å². The maximum atomic E-state index is 13.3. The second-order valence-electron chi connectivity index (χ2n) is 7.39. The van der Waals surface area contributed by atoms with Gasteiger partial charge in [0.1, 0.15) is 5.82 Å². The number of rotatable bonds is 5. The Morgan fingerprint density at radius 2 is 1.60 bits per heavy atom. The zero-order valence-electron chi connectivity index (χ0n) is 16.3. The molecule has 3 N–H and O–H groups in total. The molecular formula is C23H22FN3O2S. The Hall–Kier alpha value is -3.19. The summed E-state index contributed by atoms with van der Waals surface area (Å²) in [5.41, 5.74) is 1.58. The molecule has 3 amide bonds. The average Bonchev–Trinajstić information content (AvgIpc) is 3.41. The second kappa shape index (κ2) is 8.67. The van der Waals surface area contributed by atoms with Crippen molar-refractivity contribution >= 4 is 34.6 Å². The van der Waals surface area contributed by atoms with Crippen molar-refractivity contribution in [1.29, 1.82) is 0 Å². The standard InChI is InChI=1S/C23H22FN3O2S/c24-17-10-8-16(9-11-17)23(12-1-2-13-23)27-22(29)26-19-6-3-5-18(15-19)25-21(28)20-7-4-14-30-20/h3-11,14-15H,1-2,12-13H2,(H,25,28)(H2,26,27,29). The van der Waals surface area contributed by atoms with Gasteiger partial charge in [-0.1, -0.05) is 37.1 Å². The second-order valence-corrected chi connectivity index (χ2v) is 8.34. The number of hydrogen-bond donors (Lipinski definition) is 3. The van der Waals surface area contributed by atoms with E-state index in [1.54, 1.807) is 42.5 Å². The molecule has 1 fully saturated rings. The van der Waals surface area contributed by atoms with Crippen LogP contribution in [0, 0.1) is 5.82 Å². The lowest BCUT2D eigenvalue weighted by molar-refractivity contribution is 0.103. The normalized spacial score (nSPS) is 14.8. The highest BCUT2D eigenvalue weighted by molar-refractivity contribution is 7.12. The van der Waals surface area contributed by atoms with Gasteiger partial charge in [-0.3, -0.25) is 4.79 Å². The molecule has 0 spiro atoms. The molecule has 0 atom stereocenters. The van der Waals surface area contributed by atoms with Gasteiger partial charge < -0.3 is 16.0 Å². The Morgan fingerprint density at radius 1 is 0.900 bits per heavy atom. The van der Waals surface area contributed by atoms with E-state index in [9.17, 15) is 14.0 Å². The summed E-state index contributed by atoms with van der Waals surface area (Å²) >= 11 is 1.37. The van der Waals surface area contributed by atoms with Gasteiger partial charge in [0.2, 0.25) is 0 Å². The van der Waals surface area contributed by atoms with E-state index in [1.807, 2.05) is 11.4 Å². The van der Waals surface area contributed by atoms with Crippen LogP contribution >= 0.6 is 11.3 Å². The molecule has 154 valence electrons. The van der Waals surface area contributed by atoms with E-state index in [0.717, 1.165) is 31.2 Å². The average molecular weight is 424 g/mol. The largest absolute Gasteiger partial charge is 0.328 e. The van der Waals surface area contributed by atoms with Crippen LogP contribution in [0.2, 0.25) is 0 Å². The van der Waals surface area contributed by atoms with Crippen LogP contribution in [0.1, 0.15) is 40.9 Å². The van der Waals surface area contributed by atoms with Crippen LogP contribution in [-0.2, 0) is 5.54 Å². The van der Waals surface area contributed by atoms with E-state index in [-0.39, 0.29) is 17.8 Å². The first-order valence-corrected chi connectivity index (χ1v) is 10.7. The van der Waals surface area contributed by atoms with Gasteiger partial charge in [0, 0.05) is 11.4 Å². The van der Waals surface area contributed by atoms with Crippen LogP contribution in [-0.4, -0.2) is 11.9 Å². The predicted octanol–water partition coefficient (Wildman–Crippen LogP) is 5.73. The summed E-state index contributed by atoms with van der Waals surface area (Å²) in [5.74, 6) is -0.481. The number of carbonyl (C=O) groups excluding carboxylic acids is 2. The third kappa shape index (κ3) is 4.52. The molecule has 1 aromatic heterocycles. The van der Waals surface area contributed by atoms with Gasteiger partial charge in [-0.15, -0.1) is 11.3 Å².